The monoisotopic (exact) mass is 253 g/mol. The van der Waals surface area contributed by atoms with Gasteiger partial charge in [0, 0.05) is 6.54 Å². The summed E-state index contributed by atoms with van der Waals surface area (Å²) in [5.41, 5.74) is 0.911. The Balaban J connectivity index is 1.78. The SMILES string of the molecule is CC1CCC(CNCc2ccsc2C(=O)O)C1. The lowest BCUT2D eigenvalue weighted by Crippen LogP contribution is -2.21. The van der Waals surface area contributed by atoms with E-state index in [0.29, 0.717) is 11.4 Å². The van der Waals surface area contributed by atoms with Crippen molar-refractivity contribution in [2.45, 2.75) is 32.7 Å². The quantitative estimate of drug-likeness (QED) is 0.848. The van der Waals surface area contributed by atoms with Gasteiger partial charge in [0.1, 0.15) is 4.88 Å². The number of carbonyl (C=O) groups is 1. The van der Waals surface area contributed by atoms with Gasteiger partial charge in [-0.05, 0) is 48.2 Å². The van der Waals surface area contributed by atoms with Crippen LogP contribution in [0.2, 0.25) is 0 Å². The molecule has 1 aromatic rings. The standard InChI is InChI=1S/C13H19NO2S/c1-9-2-3-10(6-9)7-14-8-11-4-5-17-12(11)13(15)16/h4-5,9-10,14H,2-3,6-8H2,1H3,(H,15,16). The number of hydrogen-bond acceptors (Lipinski definition) is 3. The fourth-order valence-electron chi connectivity index (χ4n) is 2.58. The van der Waals surface area contributed by atoms with Crippen molar-refractivity contribution in [2.75, 3.05) is 6.54 Å². The molecule has 0 spiro atoms. The molecule has 1 heterocycles. The van der Waals surface area contributed by atoms with Gasteiger partial charge in [0.15, 0.2) is 0 Å². The minimum absolute atomic E-state index is 0.470. The number of nitrogens with one attached hydrogen (secondary N) is 1. The molecule has 0 amide bonds. The maximum atomic E-state index is 10.9. The van der Waals surface area contributed by atoms with Crippen LogP contribution in [0.4, 0.5) is 0 Å². The van der Waals surface area contributed by atoms with Crippen molar-refractivity contribution < 1.29 is 9.90 Å². The van der Waals surface area contributed by atoms with Gasteiger partial charge in [-0.2, -0.15) is 0 Å². The zero-order valence-corrected chi connectivity index (χ0v) is 10.9. The predicted octanol–water partition coefficient (Wildman–Crippen LogP) is 2.97. The summed E-state index contributed by atoms with van der Waals surface area (Å²) < 4.78 is 0. The van der Waals surface area contributed by atoms with Crippen molar-refractivity contribution in [3.8, 4) is 0 Å². The zero-order valence-electron chi connectivity index (χ0n) is 10.1. The van der Waals surface area contributed by atoms with E-state index < -0.39 is 5.97 Å². The summed E-state index contributed by atoms with van der Waals surface area (Å²) in [6.45, 7) is 4.00. The average molecular weight is 253 g/mol. The van der Waals surface area contributed by atoms with Crippen LogP contribution in [0.25, 0.3) is 0 Å². The average Bonchev–Trinajstić information content (AvgIpc) is 2.87. The molecule has 2 N–H and O–H groups in total. The Hall–Kier alpha value is -0.870. The van der Waals surface area contributed by atoms with Gasteiger partial charge in [-0.15, -0.1) is 11.3 Å². The maximum Gasteiger partial charge on any atom is 0.346 e. The second kappa shape index (κ2) is 5.65. The van der Waals surface area contributed by atoms with Crippen molar-refractivity contribution in [1.82, 2.24) is 5.32 Å². The molecule has 0 aromatic carbocycles. The van der Waals surface area contributed by atoms with Gasteiger partial charge < -0.3 is 10.4 Å². The molecular formula is C13H19NO2S. The first-order valence-corrected chi connectivity index (χ1v) is 7.05. The lowest BCUT2D eigenvalue weighted by Gasteiger charge is -2.10. The highest BCUT2D eigenvalue weighted by molar-refractivity contribution is 7.12. The second-order valence-corrected chi connectivity index (χ2v) is 5.91. The minimum Gasteiger partial charge on any atom is -0.477 e. The lowest BCUT2D eigenvalue weighted by atomic mass is 10.1. The normalized spacial score (nSPS) is 24.1. The number of hydrogen-bond donors (Lipinski definition) is 2. The smallest absolute Gasteiger partial charge is 0.346 e. The lowest BCUT2D eigenvalue weighted by molar-refractivity contribution is 0.0701. The number of carboxylic acids is 1. The van der Waals surface area contributed by atoms with Crippen molar-refractivity contribution >= 4 is 17.3 Å². The highest BCUT2D eigenvalue weighted by atomic mass is 32.1. The molecule has 0 bridgehead atoms. The molecule has 1 fully saturated rings. The Morgan fingerprint density at radius 2 is 2.41 bits per heavy atom. The number of rotatable bonds is 5. The molecule has 2 rings (SSSR count). The molecule has 4 heteroatoms. The van der Waals surface area contributed by atoms with Crippen LogP contribution in [0, 0.1) is 11.8 Å². The van der Waals surface area contributed by atoms with Gasteiger partial charge in [0.05, 0.1) is 0 Å². The van der Waals surface area contributed by atoms with Gasteiger partial charge in [-0.25, -0.2) is 4.79 Å². The van der Waals surface area contributed by atoms with E-state index in [-0.39, 0.29) is 0 Å². The van der Waals surface area contributed by atoms with E-state index in [4.69, 9.17) is 5.11 Å². The van der Waals surface area contributed by atoms with Crippen molar-refractivity contribution in [1.29, 1.82) is 0 Å². The molecule has 0 saturated heterocycles. The van der Waals surface area contributed by atoms with E-state index in [1.807, 2.05) is 11.4 Å². The summed E-state index contributed by atoms with van der Waals surface area (Å²) in [6, 6.07) is 1.90. The summed E-state index contributed by atoms with van der Waals surface area (Å²) in [6.07, 6.45) is 3.96. The first kappa shape index (κ1) is 12.6. The summed E-state index contributed by atoms with van der Waals surface area (Å²) in [7, 11) is 0. The van der Waals surface area contributed by atoms with Gasteiger partial charge in [-0.3, -0.25) is 0 Å². The largest absolute Gasteiger partial charge is 0.477 e. The highest BCUT2D eigenvalue weighted by Crippen LogP contribution is 2.29. The first-order chi connectivity index (χ1) is 8.16. The van der Waals surface area contributed by atoms with E-state index in [9.17, 15) is 4.79 Å². The van der Waals surface area contributed by atoms with Crippen LogP contribution in [-0.4, -0.2) is 17.6 Å². The van der Waals surface area contributed by atoms with Crippen molar-refractivity contribution in [3.63, 3.8) is 0 Å². The third-order valence-electron chi connectivity index (χ3n) is 3.49. The molecule has 2 atom stereocenters. The van der Waals surface area contributed by atoms with Crippen LogP contribution in [-0.2, 0) is 6.54 Å². The van der Waals surface area contributed by atoms with E-state index in [1.54, 1.807) is 0 Å². The number of carboxylic acid groups (broad SMARTS) is 1. The molecule has 0 aliphatic heterocycles. The fraction of sp³-hybridized carbons (Fsp3) is 0.615. The molecule has 0 radical (unpaired) electrons. The fourth-order valence-corrected chi connectivity index (χ4v) is 3.34. The third kappa shape index (κ3) is 3.30. The van der Waals surface area contributed by atoms with Crippen LogP contribution in [0.5, 0.6) is 0 Å². The van der Waals surface area contributed by atoms with Crippen molar-refractivity contribution in [2.24, 2.45) is 11.8 Å². The summed E-state index contributed by atoms with van der Waals surface area (Å²) in [4.78, 5) is 11.4. The summed E-state index contributed by atoms with van der Waals surface area (Å²) in [5.74, 6) is 0.820. The van der Waals surface area contributed by atoms with E-state index >= 15 is 0 Å². The van der Waals surface area contributed by atoms with Gasteiger partial charge in [-0.1, -0.05) is 13.3 Å². The summed E-state index contributed by atoms with van der Waals surface area (Å²) in [5, 5.41) is 14.2. The summed E-state index contributed by atoms with van der Waals surface area (Å²) >= 11 is 1.30. The van der Waals surface area contributed by atoms with Crippen molar-refractivity contribution in [3.05, 3.63) is 21.9 Å². The van der Waals surface area contributed by atoms with Gasteiger partial charge in [0.25, 0.3) is 0 Å². The topological polar surface area (TPSA) is 49.3 Å². The molecule has 2 unspecified atom stereocenters. The van der Waals surface area contributed by atoms with E-state index in [2.05, 4.69) is 12.2 Å². The van der Waals surface area contributed by atoms with E-state index in [0.717, 1.165) is 23.9 Å². The van der Waals surface area contributed by atoms with Gasteiger partial charge in [0.2, 0.25) is 0 Å². The molecular weight excluding hydrogens is 234 g/mol. The molecule has 94 valence electrons. The molecule has 1 aliphatic carbocycles. The highest BCUT2D eigenvalue weighted by Gasteiger charge is 2.20. The third-order valence-corrected chi connectivity index (χ3v) is 4.44. The van der Waals surface area contributed by atoms with Crippen LogP contribution < -0.4 is 5.32 Å². The van der Waals surface area contributed by atoms with Crippen LogP contribution in [0.3, 0.4) is 0 Å². The first-order valence-electron chi connectivity index (χ1n) is 6.17. The van der Waals surface area contributed by atoms with Gasteiger partial charge >= 0.3 is 5.97 Å². The Morgan fingerprint density at radius 3 is 3.06 bits per heavy atom. The Kier molecular flexibility index (Phi) is 4.18. The maximum absolute atomic E-state index is 10.9. The molecule has 1 aliphatic rings. The Labute approximate surface area is 106 Å². The zero-order chi connectivity index (χ0) is 12.3. The molecule has 1 saturated carbocycles. The number of aromatic carboxylic acids is 1. The second-order valence-electron chi connectivity index (χ2n) is 5.00. The van der Waals surface area contributed by atoms with E-state index in [1.165, 1.54) is 30.6 Å². The van der Waals surface area contributed by atoms with Crippen LogP contribution in [0.15, 0.2) is 11.4 Å². The molecule has 17 heavy (non-hydrogen) atoms. The minimum atomic E-state index is -0.814. The molecule has 3 nitrogen and oxygen atoms in total. The molecule has 1 aromatic heterocycles. The Bertz CT molecular complexity index is 389. The Morgan fingerprint density at radius 1 is 1.59 bits per heavy atom. The van der Waals surface area contributed by atoms with Crippen LogP contribution in [0.1, 0.15) is 41.4 Å². The predicted molar refractivity (Wildman–Crippen MR) is 69.5 cm³/mol. The number of thiophene rings is 1. The van der Waals surface area contributed by atoms with Crippen LogP contribution >= 0.6 is 11.3 Å².